The summed E-state index contributed by atoms with van der Waals surface area (Å²) in [4.78, 5) is 0. The molecule has 0 aromatic carbocycles. The largest absolute Gasteiger partial charge is 0.101 e. The highest BCUT2D eigenvalue weighted by atomic mass is 14.3. The van der Waals surface area contributed by atoms with E-state index in [4.69, 9.17) is 0 Å². The second kappa shape index (κ2) is 5.45. The molecular formula is C11H21B. The molecule has 0 N–H and O–H groups in total. The van der Waals surface area contributed by atoms with Crippen LogP contribution in [-0.2, 0) is 0 Å². The van der Waals surface area contributed by atoms with Gasteiger partial charge in [0.1, 0.15) is 7.85 Å². The molecule has 0 amide bonds. The van der Waals surface area contributed by atoms with Crippen LogP contribution in [0.4, 0.5) is 0 Å². The molecule has 0 aliphatic heterocycles. The monoisotopic (exact) mass is 164 g/mol. The van der Waals surface area contributed by atoms with Crippen molar-refractivity contribution in [3.63, 3.8) is 0 Å². The van der Waals surface area contributed by atoms with Crippen molar-refractivity contribution in [2.24, 2.45) is 11.8 Å². The summed E-state index contributed by atoms with van der Waals surface area (Å²) in [5, 5.41) is 0. The maximum absolute atomic E-state index is 2.46. The van der Waals surface area contributed by atoms with Crippen molar-refractivity contribution in [3.05, 3.63) is 12.2 Å². The summed E-state index contributed by atoms with van der Waals surface area (Å²) in [7, 11) is 2.24. The molecule has 0 radical (unpaired) electrons. The van der Waals surface area contributed by atoms with Gasteiger partial charge in [-0.05, 0) is 37.5 Å². The minimum Gasteiger partial charge on any atom is -0.0890 e. The van der Waals surface area contributed by atoms with E-state index < -0.39 is 0 Å². The molecule has 0 heterocycles. The fraction of sp³-hybridized carbons (Fsp3) is 0.818. The summed E-state index contributed by atoms with van der Waals surface area (Å²) < 4.78 is 0. The van der Waals surface area contributed by atoms with Crippen molar-refractivity contribution in [2.45, 2.75) is 45.3 Å². The van der Waals surface area contributed by atoms with E-state index in [9.17, 15) is 0 Å². The molecule has 0 nitrogen and oxygen atoms in total. The quantitative estimate of drug-likeness (QED) is 0.442. The minimum atomic E-state index is 0.918. The smallest absolute Gasteiger partial charge is 0.0890 e. The Bertz CT molecular complexity index is 140. The molecule has 12 heavy (non-hydrogen) atoms. The second-order valence-corrected chi connectivity index (χ2v) is 4.06. The molecule has 1 fully saturated rings. The fourth-order valence-electron chi connectivity index (χ4n) is 2.11. The summed E-state index contributed by atoms with van der Waals surface area (Å²) >= 11 is 0. The predicted molar refractivity (Wildman–Crippen MR) is 58.2 cm³/mol. The minimum absolute atomic E-state index is 0.918. The molecule has 1 aliphatic rings. The van der Waals surface area contributed by atoms with Crippen LogP contribution < -0.4 is 0 Å². The van der Waals surface area contributed by atoms with E-state index in [1.165, 1.54) is 38.4 Å². The molecule has 0 bridgehead atoms. The Morgan fingerprint density at radius 2 is 2.25 bits per heavy atom. The van der Waals surface area contributed by atoms with Gasteiger partial charge < -0.3 is 0 Å². The van der Waals surface area contributed by atoms with Crippen molar-refractivity contribution in [3.8, 4) is 0 Å². The van der Waals surface area contributed by atoms with Gasteiger partial charge in [-0.3, -0.25) is 0 Å². The lowest BCUT2D eigenvalue weighted by Crippen LogP contribution is -1.91. The SMILES string of the molecule is BCC/C=C/C1CCC(CC)C1. The molecule has 68 valence electrons. The van der Waals surface area contributed by atoms with Gasteiger partial charge in [0, 0.05) is 0 Å². The zero-order valence-electron chi connectivity index (χ0n) is 8.55. The Hall–Kier alpha value is -0.195. The second-order valence-electron chi connectivity index (χ2n) is 4.06. The topological polar surface area (TPSA) is 0 Å². The van der Waals surface area contributed by atoms with Crippen LogP contribution in [0, 0.1) is 11.8 Å². The lowest BCUT2D eigenvalue weighted by atomic mass is 9.99. The third-order valence-electron chi connectivity index (χ3n) is 3.02. The maximum Gasteiger partial charge on any atom is 0.101 e. The maximum atomic E-state index is 2.46. The summed E-state index contributed by atoms with van der Waals surface area (Å²) in [5.41, 5.74) is 0. The van der Waals surface area contributed by atoms with E-state index in [-0.39, 0.29) is 0 Å². The first-order chi connectivity index (χ1) is 5.86. The average molecular weight is 164 g/mol. The summed E-state index contributed by atoms with van der Waals surface area (Å²) in [6.07, 6.45) is 13.2. The Labute approximate surface area is 77.8 Å². The average Bonchev–Trinajstić information content (AvgIpc) is 2.53. The normalized spacial score (nSPS) is 30.1. The van der Waals surface area contributed by atoms with Gasteiger partial charge >= 0.3 is 0 Å². The molecule has 1 heteroatoms. The molecule has 1 rings (SSSR count). The van der Waals surface area contributed by atoms with Crippen LogP contribution in [-0.4, -0.2) is 7.85 Å². The van der Waals surface area contributed by atoms with E-state index in [0.717, 1.165) is 11.8 Å². The van der Waals surface area contributed by atoms with Gasteiger partial charge in [-0.15, -0.1) is 0 Å². The Balaban J connectivity index is 2.18. The molecule has 0 saturated heterocycles. The summed E-state index contributed by atoms with van der Waals surface area (Å²) in [6.45, 7) is 2.32. The van der Waals surface area contributed by atoms with Gasteiger partial charge in [0.2, 0.25) is 0 Å². The van der Waals surface area contributed by atoms with Crippen LogP contribution in [0.15, 0.2) is 12.2 Å². The highest BCUT2D eigenvalue weighted by Crippen LogP contribution is 2.33. The Morgan fingerprint density at radius 1 is 1.42 bits per heavy atom. The molecule has 0 spiro atoms. The van der Waals surface area contributed by atoms with Gasteiger partial charge in [-0.25, -0.2) is 0 Å². The first kappa shape index (κ1) is 9.89. The van der Waals surface area contributed by atoms with Crippen LogP contribution in [0.25, 0.3) is 0 Å². The fourth-order valence-corrected chi connectivity index (χ4v) is 2.11. The third kappa shape index (κ3) is 3.04. The van der Waals surface area contributed by atoms with Gasteiger partial charge in [0.05, 0.1) is 0 Å². The molecule has 2 atom stereocenters. The van der Waals surface area contributed by atoms with Crippen LogP contribution in [0.1, 0.15) is 39.0 Å². The number of allylic oxidation sites excluding steroid dienone is 2. The van der Waals surface area contributed by atoms with Crippen LogP contribution in [0.3, 0.4) is 0 Å². The third-order valence-corrected chi connectivity index (χ3v) is 3.02. The molecule has 1 saturated carbocycles. The van der Waals surface area contributed by atoms with Crippen molar-refractivity contribution in [1.29, 1.82) is 0 Å². The van der Waals surface area contributed by atoms with Crippen molar-refractivity contribution in [2.75, 3.05) is 0 Å². The first-order valence-electron chi connectivity index (χ1n) is 5.53. The predicted octanol–water partition coefficient (Wildman–Crippen LogP) is 2.81. The van der Waals surface area contributed by atoms with Gasteiger partial charge in [0.25, 0.3) is 0 Å². The zero-order chi connectivity index (χ0) is 8.81. The summed E-state index contributed by atoms with van der Waals surface area (Å²) in [6, 6.07) is 0. The summed E-state index contributed by atoms with van der Waals surface area (Å²) in [5.74, 6) is 1.95. The van der Waals surface area contributed by atoms with E-state index in [1.54, 1.807) is 0 Å². The van der Waals surface area contributed by atoms with Crippen molar-refractivity contribution in [1.82, 2.24) is 0 Å². The number of hydrogen-bond acceptors (Lipinski definition) is 0. The van der Waals surface area contributed by atoms with Gasteiger partial charge in [-0.1, -0.05) is 31.8 Å². The zero-order valence-corrected chi connectivity index (χ0v) is 8.55. The molecule has 2 unspecified atom stereocenters. The van der Waals surface area contributed by atoms with E-state index >= 15 is 0 Å². The number of hydrogen-bond donors (Lipinski definition) is 0. The highest BCUT2D eigenvalue weighted by molar-refractivity contribution is 6.08. The van der Waals surface area contributed by atoms with E-state index in [2.05, 4.69) is 26.9 Å². The van der Waals surface area contributed by atoms with E-state index in [1.807, 2.05) is 0 Å². The number of rotatable bonds is 4. The van der Waals surface area contributed by atoms with Crippen molar-refractivity contribution < 1.29 is 0 Å². The lowest BCUT2D eigenvalue weighted by molar-refractivity contribution is 0.515. The van der Waals surface area contributed by atoms with Gasteiger partial charge in [-0.2, -0.15) is 0 Å². The lowest BCUT2D eigenvalue weighted by Gasteiger charge is -2.04. The highest BCUT2D eigenvalue weighted by Gasteiger charge is 2.20. The molecule has 1 aliphatic carbocycles. The Morgan fingerprint density at radius 3 is 2.83 bits per heavy atom. The Kier molecular flexibility index (Phi) is 4.49. The van der Waals surface area contributed by atoms with Gasteiger partial charge in [0.15, 0.2) is 0 Å². The molecule has 0 aromatic heterocycles. The van der Waals surface area contributed by atoms with E-state index in [0.29, 0.717) is 0 Å². The molecule has 0 aromatic rings. The van der Waals surface area contributed by atoms with Crippen LogP contribution in [0.5, 0.6) is 0 Å². The van der Waals surface area contributed by atoms with Crippen LogP contribution in [0.2, 0.25) is 6.32 Å². The first-order valence-corrected chi connectivity index (χ1v) is 5.53. The van der Waals surface area contributed by atoms with Crippen LogP contribution >= 0.6 is 0 Å². The molecular weight excluding hydrogens is 143 g/mol. The standard InChI is InChI=1S/C11H21B/c1-2-10-6-7-11(9-10)5-3-4-8-12/h3,5,10-11H,2,4,6-9,12H2,1H3/b5-3+. The van der Waals surface area contributed by atoms with Crippen molar-refractivity contribution >= 4 is 7.85 Å².